The molecule has 0 unspecified atom stereocenters. The van der Waals surface area contributed by atoms with E-state index in [1.165, 1.54) is 4.31 Å². The van der Waals surface area contributed by atoms with E-state index in [2.05, 4.69) is 5.32 Å². The minimum absolute atomic E-state index is 0.191. The lowest BCUT2D eigenvalue weighted by atomic mass is 10.0. The number of carbonyl (C=O) groups excluding carboxylic acids is 1. The quantitative estimate of drug-likeness (QED) is 0.545. The number of amides is 1. The number of nitrogens with zero attached hydrogens (tertiary/aromatic N) is 1. The summed E-state index contributed by atoms with van der Waals surface area (Å²) >= 11 is 0. The molecule has 0 radical (unpaired) electrons. The topological polar surface area (TPSA) is 84.9 Å². The first-order valence-corrected chi connectivity index (χ1v) is 13.1. The summed E-state index contributed by atoms with van der Waals surface area (Å²) in [7, 11) is -3.70. The van der Waals surface area contributed by atoms with E-state index >= 15 is 0 Å². The first-order valence-electron chi connectivity index (χ1n) is 11.7. The van der Waals surface area contributed by atoms with Gasteiger partial charge in [-0.15, -0.1) is 0 Å². The molecule has 0 fully saturated rings. The molecule has 1 N–H and O–H groups in total. The summed E-state index contributed by atoms with van der Waals surface area (Å²) in [6.45, 7) is 4.23. The molecule has 0 saturated heterocycles. The minimum atomic E-state index is -3.70. The second-order valence-corrected chi connectivity index (χ2v) is 11.3. The highest BCUT2D eigenvalue weighted by Gasteiger charge is 2.32. The van der Waals surface area contributed by atoms with Gasteiger partial charge in [0.2, 0.25) is 0 Å². The van der Waals surface area contributed by atoms with Crippen LogP contribution in [0.2, 0.25) is 0 Å². The Labute approximate surface area is 205 Å². The van der Waals surface area contributed by atoms with Gasteiger partial charge in [-0.2, -0.15) is 0 Å². The average Bonchev–Trinajstić information content (AvgIpc) is 3.17. The molecule has 0 spiro atoms. The lowest BCUT2D eigenvalue weighted by molar-refractivity contribution is -0.118. The third-order valence-electron chi connectivity index (χ3n) is 6.19. The number of carbonyl (C=O) groups is 1. The summed E-state index contributed by atoms with van der Waals surface area (Å²) < 4.78 is 39.8. The highest BCUT2D eigenvalue weighted by atomic mass is 32.2. The van der Waals surface area contributed by atoms with Crippen LogP contribution in [0.25, 0.3) is 0 Å². The van der Waals surface area contributed by atoms with Crippen molar-refractivity contribution in [3.63, 3.8) is 0 Å². The third-order valence-corrected chi connectivity index (χ3v) is 8.02. The zero-order valence-electron chi connectivity index (χ0n) is 19.8. The van der Waals surface area contributed by atoms with E-state index in [1.54, 1.807) is 48.5 Å². The maximum Gasteiger partial charge on any atom is 0.264 e. The number of anilines is 2. The molecular formula is C27H28N2O5S. The van der Waals surface area contributed by atoms with Crippen molar-refractivity contribution >= 4 is 27.3 Å². The van der Waals surface area contributed by atoms with Crippen LogP contribution in [0.3, 0.4) is 0 Å². The van der Waals surface area contributed by atoms with Crippen LogP contribution in [0.15, 0.2) is 71.6 Å². The van der Waals surface area contributed by atoms with Crippen molar-refractivity contribution in [2.24, 2.45) is 0 Å². The molecule has 0 saturated carbocycles. The Morgan fingerprint density at radius 3 is 2.66 bits per heavy atom. The molecule has 3 aromatic rings. The van der Waals surface area contributed by atoms with Crippen molar-refractivity contribution in [1.82, 2.24) is 0 Å². The second-order valence-electron chi connectivity index (χ2n) is 9.46. The van der Waals surface area contributed by atoms with Crippen LogP contribution in [0, 0.1) is 0 Å². The van der Waals surface area contributed by atoms with E-state index in [1.807, 2.05) is 32.0 Å². The van der Waals surface area contributed by atoms with E-state index < -0.39 is 10.0 Å². The number of rotatable bonds is 6. The lowest BCUT2D eigenvalue weighted by Crippen LogP contribution is -2.35. The van der Waals surface area contributed by atoms with Gasteiger partial charge in [0.1, 0.15) is 5.60 Å². The second kappa shape index (κ2) is 8.92. The van der Waals surface area contributed by atoms with Crippen molar-refractivity contribution < 1.29 is 22.7 Å². The van der Waals surface area contributed by atoms with Crippen molar-refractivity contribution in [1.29, 1.82) is 0 Å². The predicted molar refractivity (Wildman–Crippen MR) is 135 cm³/mol. The van der Waals surface area contributed by atoms with E-state index in [0.29, 0.717) is 29.4 Å². The zero-order chi connectivity index (χ0) is 24.6. The minimum Gasteiger partial charge on any atom is -0.483 e. The van der Waals surface area contributed by atoms with E-state index in [0.717, 1.165) is 30.4 Å². The monoisotopic (exact) mass is 492 g/mol. The number of nitrogens with one attached hydrogen (secondary N) is 1. The number of fused-ring (bicyclic) bond motifs is 2. The Morgan fingerprint density at radius 1 is 1.06 bits per heavy atom. The maximum absolute atomic E-state index is 13.3. The van der Waals surface area contributed by atoms with Crippen LogP contribution in [0.4, 0.5) is 11.4 Å². The van der Waals surface area contributed by atoms with E-state index in [-0.39, 0.29) is 23.0 Å². The summed E-state index contributed by atoms with van der Waals surface area (Å²) in [5.41, 5.74) is 2.80. The van der Waals surface area contributed by atoms with Gasteiger partial charge < -0.3 is 14.8 Å². The molecule has 2 aliphatic rings. The predicted octanol–water partition coefficient (Wildman–Crippen LogP) is 4.56. The molecule has 1 amide bonds. The van der Waals surface area contributed by atoms with E-state index in [4.69, 9.17) is 9.47 Å². The molecule has 8 heteroatoms. The Kier molecular flexibility index (Phi) is 5.92. The van der Waals surface area contributed by atoms with Crippen molar-refractivity contribution in [2.75, 3.05) is 22.8 Å². The fourth-order valence-corrected chi connectivity index (χ4v) is 6.18. The largest absolute Gasteiger partial charge is 0.483 e. The van der Waals surface area contributed by atoms with Gasteiger partial charge in [-0.3, -0.25) is 9.10 Å². The Morgan fingerprint density at radius 2 is 1.86 bits per heavy atom. The summed E-state index contributed by atoms with van der Waals surface area (Å²) in [5.74, 6) is 0.878. The molecular weight excluding hydrogens is 464 g/mol. The molecule has 3 aromatic carbocycles. The van der Waals surface area contributed by atoms with Gasteiger partial charge in [0.15, 0.2) is 18.1 Å². The number of sulfonamides is 1. The molecule has 7 nitrogen and oxygen atoms in total. The Balaban J connectivity index is 1.31. The van der Waals surface area contributed by atoms with Crippen LogP contribution in [-0.4, -0.2) is 33.1 Å². The van der Waals surface area contributed by atoms with Crippen LogP contribution >= 0.6 is 0 Å². The Hall–Kier alpha value is -3.52. The molecule has 0 aromatic heterocycles. The number of hydrogen-bond acceptors (Lipinski definition) is 5. The van der Waals surface area contributed by atoms with Gasteiger partial charge in [0, 0.05) is 24.2 Å². The molecule has 2 heterocycles. The smallest absolute Gasteiger partial charge is 0.264 e. The van der Waals surface area contributed by atoms with Gasteiger partial charge in [-0.25, -0.2) is 8.42 Å². The van der Waals surface area contributed by atoms with Crippen molar-refractivity contribution in [2.45, 2.75) is 43.6 Å². The van der Waals surface area contributed by atoms with Gasteiger partial charge in [0.05, 0.1) is 10.6 Å². The molecule has 0 bridgehead atoms. The fraction of sp³-hybridized carbons (Fsp3) is 0.296. The van der Waals surface area contributed by atoms with Crippen LogP contribution in [-0.2, 0) is 27.7 Å². The Bertz CT molecular complexity index is 1370. The number of para-hydroxylation sites is 1. The standard InChI is InChI=1S/C27H28N2O5S/c1-27(2)17-20-8-6-12-24(26(20)34-27)33-18-25(30)28-21-14-13-19-9-7-15-29(23(19)16-21)35(31,32)22-10-4-3-5-11-22/h3-6,8,10-14,16H,7,9,15,17-18H2,1-2H3,(H,28,30). The number of aryl methyl sites for hydroxylation is 1. The highest BCUT2D eigenvalue weighted by molar-refractivity contribution is 7.92. The van der Waals surface area contributed by atoms with Crippen LogP contribution < -0.4 is 19.1 Å². The highest BCUT2D eigenvalue weighted by Crippen LogP contribution is 2.41. The third kappa shape index (κ3) is 4.71. The number of ether oxygens (including phenoxy) is 2. The molecule has 5 rings (SSSR count). The summed E-state index contributed by atoms with van der Waals surface area (Å²) in [4.78, 5) is 12.9. The molecule has 2 aliphatic heterocycles. The average molecular weight is 493 g/mol. The van der Waals surface area contributed by atoms with Crippen molar-refractivity contribution in [3.8, 4) is 11.5 Å². The SMILES string of the molecule is CC1(C)Cc2cccc(OCC(=O)Nc3ccc4c(c3)N(S(=O)(=O)c3ccccc3)CCC4)c2O1. The molecule has 0 atom stereocenters. The van der Waals surface area contributed by atoms with Gasteiger partial charge in [-0.1, -0.05) is 36.4 Å². The number of hydrogen-bond donors (Lipinski definition) is 1. The first kappa shape index (κ1) is 23.2. The van der Waals surface area contributed by atoms with Gasteiger partial charge in [-0.05, 0) is 62.6 Å². The van der Waals surface area contributed by atoms with E-state index in [9.17, 15) is 13.2 Å². The van der Waals surface area contributed by atoms with Gasteiger partial charge >= 0.3 is 0 Å². The summed E-state index contributed by atoms with van der Waals surface area (Å²) in [6.07, 6.45) is 2.30. The summed E-state index contributed by atoms with van der Waals surface area (Å²) in [5, 5.41) is 2.83. The normalized spacial score (nSPS) is 16.1. The summed E-state index contributed by atoms with van der Waals surface area (Å²) in [6, 6.07) is 19.5. The van der Waals surface area contributed by atoms with Crippen LogP contribution in [0.5, 0.6) is 11.5 Å². The first-order chi connectivity index (χ1) is 16.7. The number of benzene rings is 3. The van der Waals surface area contributed by atoms with Crippen LogP contribution in [0.1, 0.15) is 31.4 Å². The molecule has 35 heavy (non-hydrogen) atoms. The molecule has 182 valence electrons. The van der Waals surface area contributed by atoms with Gasteiger partial charge in [0.25, 0.3) is 15.9 Å². The zero-order valence-corrected chi connectivity index (χ0v) is 20.6. The van der Waals surface area contributed by atoms with Crippen molar-refractivity contribution in [3.05, 3.63) is 77.9 Å². The fourth-order valence-electron chi connectivity index (χ4n) is 4.63. The maximum atomic E-state index is 13.3. The molecule has 0 aliphatic carbocycles. The lowest BCUT2D eigenvalue weighted by Gasteiger charge is -2.31.